The normalized spacial score (nSPS) is 15.5. The van der Waals surface area contributed by atoms with Gasteiger partial charge < -0.3 is 0 Å². The molecular formula is C23H40. The summed E-state index contributed by atoms with van der Waals surface area (Å²) in [6.45, 7) is 8.89. The van der Waals surface area contributed by atoms with Crippen molar-refractivity contribution in [3.8, 4) is 0 Å². The van der Waals surface area contributed by atoms with E-state index in [9.17, 15) is 0 Å². The maximum Gasteiger partial charge on any atom is -0.0169 e. The van der Waals surface area contributed by atoms with Gasteiger partial charge in [-0.05, 0) is 50.9 Å². The van der Waals surface area contributed by atoms with Crippen LogP contribution in [0.3, 0.4) is 0 Å². The van der Waals surface area contributed by atoms with Crippen LogP contribution in [0, 0.1) is 11.8 Å². The lowest BCUT2D eigenvalue weighted by molar-refractivity contribution is 0.397. The molecular weight excluding hydrogens is 276 g/mol. The molecule has 0 aliphatic carbocycles. The summed E-state index contributed by atoms with van der Waals surface area (Å²) < 4.78 is 0. The van der Waals surface area contributed by atoms with E-state index >= 15 is 0 Å². The van der Waals surface area contributed by atoms with Crippen molar-refractivity contribution >= 4 is 0 Å². The molecule has 132 valence electrons. The first-order chi connectivity index (χ1) is 11.3. The average molecular weight is 317 g/mol. The molecule has 23 heavy (non-hydrogen) atoms. The number of allylic oxidation sites excluding steroid dienone is 8. The van der Waals surface area contributed by atoms with Crippen LogP contribution in [0.4, 0.5) is 0 Å². The molecule has 0 bridgehead atoms. The van der Waals surface area contributed by atoms with Crippen molar-refractivity contribution in [2.45, 2.75) is 85.5 Å². The van der Waals surface area contributed by atoms with Gasteiger partial charge in [-0.1, -0.05) is 95.1 Å². The minimum absolute atomic E-state index is 0.707. The highest BCUT2D eigenvalue weighted by atomic mass is 14.2. The zero-order chi connectivity index (χ0) is 17.2. The molecule has 0 amide bonds. The van der Waals surface area contributed by atoms with Gasteiger partial charge in [-0.2, -0.15) is 0 Å². The van der Waals surface area contributed by atoms with E-state index < -0.39 is 0 Å². The number of rotatable bonds is 14. The fraction of sp³-hybridized carbons (Fsp3) is 0.652. The van der Waals surface area contributed by atoms with Crippen molar-refractivity contribution in [3.63, 3.8) is 0 Å². The highest BCUT2D eigenvalue weighted by Crippen LogP contribution is 2.27. The van der Waals surface area contributed by atoms with Crippen LogP contribution >= 0.6 is 0 Å². The molecule has 2 atom stereocenters. The van der Waals surface area contributed by atoms with Crippen molar-refractivity contribution in [2.75, 3.05) is 0 Å². The highest BCUT2D eigenvalue weighted by molar-refractivity contribution is 5.03. The summed E-state index contributed by atoms with van der Waals surface area (Å²) in [7, 11) is 0. The Morgan fingerprint density at radius 2 is 1.17 bits per heavy atom. The Bertz CT molecular complexity index is 343. The van der Waals surface area contributed by atoms with Gasteiger partial charge in [0.2, 0.25) is 0 Å². The Balaban J connectivity index is 4.80. The minimum atomic E-state index is 0.707. The SMILES string of the molecule is CC=CCC=CC(CCCC)C(C=CCC=CCC)CCCC. The molecule has 2 unspecified atom stereocenters. The first-order valence-corrected chi connectivity index (χ1v) is 9.89. The molecule has 0 saturated carbocycles. The lowest BCUT2D eigenvalue weighted by Gasteiger charge is -2.22. The maximum absolute atomic E-state index is 2.50. The van der Waals surface area contributed by atoms with E-state index in [1.807, 2.05) is 0 Å². The molecule has 0 aromatic carbocycles. The number of hydrogen-bond donors (Lipinski definition) is 0. The quantitative estimate of drug-likeness (QED) is 0.284. The van der Waals surface area contributed by atoms with E-state index in [-0.39, 0.29) is 0 Å². The van der Waals surface area contributed by atoms with Gasteiger partial charge in [0.05, 0.1) is 0 Å². The first-order valence-electron chi connectivity index (χ1n) is 9.89. The van der Waals surface area contributed by atoms with Crippen molar-refractivity contribution in [3.05, 3.63) is 48.6 Å². The largest absolute Gasteiger partial charge is 0.0914 e. The third kappa shape index (κ3) is 13.1. The van der Waals surface area contributed by atoms with Crippen LogP contribution in [0.15, 0.2) is 48.6 Å². The molecule has 0 spiro atoms. The number of unbranched alkanes of at least 4 members (excludes halogenated alkanes) is 2. The molecule has 0 N–H and O–H groups in total. The fourth-order valence-corrected chi connectivity index (χ4v) is 2.85. The molecule has 0 aliphatic heterocycles. The molecule has 0 aromatic heterocycles. The minimum Gasteiger partial charge on any atom is -0.0914 e. The zero-order valence-corrected chi connectivity index (χ0v) is 16.1. The van der Waals surface area contributed by atoms with Crippen LogP contribution in [0.5, 0.6) is 0 Å². The van der Waals surface area contributed by atoms with Crippen LogP contribution in [-0.2, 0) is 0 Å². The second kappa shape index (κ2) is 17.3. The van der Waals surface area contributed by atoms with E-state index in [4.69, 9.17) is 0 Å². The van der Waals surface area contributed by atoms with Gasteiger partial charge >= 0.3 is 0 Å². The Labute approximate surface area is 146 Å². The third-order valence-corrected chi connectivity index (χ3v) is 4.28. The van der Waals surface area contributed by atoms with Crippen LogP contribution in [0.2, 0.25) is 0 Å². The van der Waals surface area contributed by atoms with Crippen molar-refractivity contribution in [1.82, 2.24) is 0 Å². The highest BCUT2D eigenvalue weighted by Gasteiger charge is 2.15. The molecule has 0 heterocycles. The monoisotopic (exact) mass is 316 g/mol. The fourth-order valence-electron chi connectivity index (χ4n) is 2.85. The van der Waals surface area contributed by atoms with Crippen LogP contribution in [0.1, 0.15) is 85.5 Å². The van der Waals surface area contributed by atoms with Gasteiger partial charge in [-0.15, -0.1) is 0 Å². The lowest BCUT2D eigenvalue weighted by Crippen LogP contribution is -2.11. The first kappa shape index (κ1) is 22.0. The average Bonchev–Trinajstić information content (AvgIpc) is 2.57. The summed E-state index contributed by atoms with van der Waals surface area (Å²) in [5.41, 5.74) is 0. The van der Waals surface area contributed by atoms with Gasteiger partial charge in [0.1, 0.15) is 0 Å². The summed E-state index contributed by atoms with van der Waals surface area (Å²) in [4.78, 5) is 0. The second-order valence-corrected chi connectivity index (χ2v) is 6.39. The molecule has 0 saturated heterocycles. The van der Waals surface area contributed by atoms with Crippen LogP contribution < -0.4 is 0 Å². The Hall–Kier alpha value is -1.04. The van der Waals surface area contributed by atoms with Gasteiger partial charge in [-0.3, -0.25) is 0 Å². The van der Waals surface area contributed by atoms with Crippen molar-refractivity contribution < 1.29 is 0 Å². The summed E-state index contributed by atoms with van der Waals surface area (Å²) in [5, 5.41) is 0. The molecule has 0 fully saturated rings. The molecule has 0 rings (SSSR count). The summed E-state index contributed by atoms with van der Waals surface area (Å²) in [6.07, 6.45) is 29.9. The number of hydrogen-bond acceptors (Lipinski definition) is 0. The Morgan fingerprint density at radius 1 is 0.652 bits per heavy atom. The smallest absolute Gasteiger partial charge is 0.0169 e. The predicted molar refractivity (Wildman–Crippen MR) is 108 cm³/mol. The zero-order valence-electron chi connectivity index (χ0n) is 16.1. The van der Waals surface area contributed by atoms with E-state index in [0.717, 1.165) is 19.3 Å². The summed E-state index contributed by atoms with van der Waals surface area (Å²) >= 11 is 0. The Kier molecular flexibility index (Phi) is 16.5. The topological polar surface area (TPSA) is 0 Å². The standard InChI is InChI=1S/C23H40/c1-5-9-13-15-17-21-23(19-12-8-4)22(18-11-7-3)20-16-14-10-6-2/h6,9-10,13,16-17,20-23H,5,7-8,11-12,14-15,18-19H2,1-4H3. The summed E-state index contributed by atoms with van der Waals surface area (Å²) in [6, 6.07) is 0. The van der Waals surface area contributed by atoms with Crippen molar-refractivity contribution in [1.29, 1.82) is 0 Å². The lowest BCUT2D eigenvalue weighted by atomic mass is 9.83. The van der Waals surface area contributed by atoms with E-state index in [0.29, 0.717) is 11.8 Å². The van der Waals surface area contributed by atoms with E-state index in [1.54, 1.807) is 0 Å². The van der Waals surface area contributed by atoms with Gasteiger partial charge in [0.15, 0.2) is 0 Å². The predicted octanol–water partition coefficient (Wildman–Crippen LogP) is 8.03. The third-order valence-electron chi connectivity index (χ3n) is 4.28. The van der Waals surface area contributed by atoms with Gasteiger partial charge in [0.25, 0.3) is 0 Å². The Morgan fingerprint density at radius 3 is 1.61 bits per heavy atom. The van der Waals surface area contributed by atoms with E-state index in [2.05, 4.69) is 76.3 Å². The van der Waals surface area contributed by atoms with E-state index in [1.165, 1.54) is 38.5 Å². The molecule has 0 nitrogen and oxygen atoms in total. The van der Waals surface area contributed by atoms with Gasteiger partial charge in [-0.25, -0.2) is 0 Å². The molecule has 0 aromatic rings. The van der Waals surface area contributed by atoms with Crippen molar-refractivity contribution in [2.24, 2.45) is 11.8 Å². The van der Waals surface area contributed by atoms with Gasteiger partial charge in [0, 0.05) is 0 Å². The summed E-state index contributed by atoms with van der Waals surface area (Å²) in [5.74, 6) is 1.41. The molecule has 0 aliphatic rings. The maximum atomic E-state index is 2.50. The van der Waals surface area contributed by atoms with Crippen LogP contribution in [-0.4, -0.2) is 0 Å². The molecule has 0 heteroatoms. The second-order valence-electron chi connectivity index (χ2n) is 6.39. The van der Waals surface area contributed by atoms with Crippen LogP contribution in [0.25, 0.3) is 0 Å². The molecule has 0 radical (unpaired) electrons.